The van der Waals surface area contributed by atoms with Gasteiger partial charge in [-0.25, -0.2) is 0 Å². The fourth-order valence-corrected chi connectivity index (χ4v) is 1.96. The Bertz CT molecular complexity index is 739. The van der Waals surface area contributed by atoms with E-state index in [9.17, 15) is 13.6 Å². The number of hydrogen-bond donors (Lipinski definition) is 0. The average Bonchev–Trinajstić information content (AvgIpc) is 2.84. The van der Waals surface area contributed by atoms with Crippen molar-refractivity contribution in [3.8, 4) is 11.5 Å². The van der Waals surface area contributed by atoms with Crippen LogP contribution < -0.4 is 9.47 Å². The highest BCUT2D eigenvalue weighted by molar-refractivity contribution is 6.07. The van der Waals surface area contributed by atoms with Crippen LogP contribution >= 0.6 is 0 Å². The van der Waals surface area contributed by atoms with Crippen LogP contribution in [0.1, 0.15) is 21.6 Å². The Balaban J connectivity index is 2.21. The highest BCUT2D eigenvalue weighted by atomic mass is 19.3. The zero-order valence-electron chi connectivity index (χ0n) is 12.9. The van der Waals surface area contributed by atoms with Gasteiger partial charge in [-0.2, -0.15) is 13.9 Å². The molecule has 0 spiro atoms. The molecule has 1 aromatic heterocycles. The average molecular weight is 322 g/mol. The van der Waals surface area contributed by atoms with Gasteiger partial charge < -0.3 is 9.47 Å². The van der Waals surface area contributed by atoms with Gasteiger partial charge in [0.25, 0.3) is 0 Å². The number of methoxy groups -OCH3 is 1. The quantitative estimate of drug-likeness (QED) is 0.605. The van der Waals surface area contributed by atoms with E-state index in [4.69, 9.17) is 4.74 Å². The topological polar surface area (TPSA) is 53.3 Å². The van der Waals surface area contributed by atoms with Gasteiger partial charge in [0.05, 0.1) is 13.3 Å². The summed E-state index contributed by atoms with van der Waals surface area (Å²) in [7, 11) is 3.12. The van der Waals surface area contributed by atoms with Crippen LogP contribution in [-0.2, 0) is 7.05 Å². The van der Waals surface area contributed by atoms with Crippen LogP contribution in [0.25, 0.3) is 6.08 Å². The van der Waals surface area contributed by atoms with Crippen molar-refractivity contribution in [1.29, 1.82) is 0 Å². The number of aromatic nitrogens is 2. The van der Waals surface area contributed by atoms with E-state index >= 15 is 0 Å². The van der Waals surface area contributed by atoms with Crippen molar-refractivity contribution in [3.63, 3.8) is 0 Å². The molecule has 2 rings (SSSR count). The third kappa shape index (κ3) is 3.94. The van der Waals surface area contributed by atoms with Crippen molar-refractivity contribution in [2.24, 2.45) is 7.05 Å². The lowest BCUT2D eigenvalue weighted by Gasteiger charge is -2.10. The number of alkyl halides is 2. The van der Waals surface area contributed by atoms with Crippen molar-refractivity contribution in [3.05, 3.63) is 47.3 Å². The van der Waals surface area contributed by atoms with Crippen molar-refractivity contribution < 1.29 is 23.0 Å². The van der Waals surface area contributed by atoms with Gasteiger partial charge in [-0.05, 0) is 37.3 Å². The molecule has 122 valence electrons. The van der Waals surface area contributed by atoms with Crippen molar-refractivity contribution in [2.45, 2.75) is 13.5 Å². The fraction of sp³-hybridized carbons (Fsp3) is 0.250. The maximum Gasteiger partial charge on any atom is 0.387 e. The van der Waals surface area contributed by atoms with Gasteiger partial charge in [0.1, 0.15) is 0 Å². The van der Waals surface area contributed by atoms with Crippen LogP contribution in [0.4, 0.5) is 8.78 Å². The molecule has 23 heavy (non-hydrogen) atoms. The molecule has 0 unspecified atom stereocenters. The summed E-state index contributed by atoms with van der Waals surface area (Å²) >= 11 is 0. The molecule has 0 aliphatic carbocycles. The number of nitrogens with zero attached hydrogens (tertiary/aromatic N) is 2. The zero-order valence-corrected chi connectivity index (χ0v) is 12.9. The van der Waals surface area contributed by atoms with Gasteiger partial charge in [0.2, 0.25) is 0 Å². The Morgan fingerprint density at radius 2 is 2.09 bits per heavy atom. The fourth-order valence-electron chi connectivity index (χ4n) is 1.96. The molecule has 0 aliphatic rings. The molecule has 7 heteroatoms. The summed E-state index contributed by atoms with van der Waals surface area (Å²) in [6.45, 7) is -1.07. The summed E-state index contributed by atoms with van der Waals surface area (Å²) in [5.74, 6) is -0.330. The summed E-state index contributed by atoms with van der Waals surface area (Å²) in [6, 6.07) is 4.05. The minimum absolute atomic E-state index is 0.0714. The molecule has 2 aromatic rings. The van der Waals surface area contributed by atoms with Gasteiger partial charge >= 0.3 is 6.61 Å². The molecule has 0 saturated carbocycles. The van der Waals surface area contributed by atoms with Gasteiger partial charge in [-0.3, -0.25) is 9.48 Å². The predicted octanol–water partition coefficient (Wildman–Crippen LogP) is 3.23. The highest BCUT2D eigenvalue weighted by Gasteiger charge is 2.13. The standard InChI is InChI=1S/C16H16F2N2O3/c1-10-12(9-19-20(10)2)4-6-13(21)11-5-7-14(23-16(17)18)15(8-11)22-3/h4-9,16H,1-3H3/b6-4+. The van der Waals surface area contributed by atoms with Crippen LogP contribution in [0.3, 0.4) is 0 Å². The molecule has 0 atom stereocenters. The van der Waals surface area contributed by atoms with E-state index in [-0.39, 0.29) is 17.3 Å². The number of halogens is 2. The molecule has 0 saturated heterocycles. The highest BCUT2D eigenvalue weighted by Crippen LogP contribution is 2.29. The Kier molecular flexibility index (Phi) is 5.10. The molecule has 0 fully saturated rings. The first-order chi connectivity index (χ1) is 10.9. The Labute approximate surface area is 132 Å². The number of carbonyl (C=O) groups excluding carboxylic acids is 1. The molecular formula is C16H16F2N2O3. The van der Waals surface area contributed by atoms with Crippen LogP contribution in [0, 0.1) is 6.92 Å². The first-order valence-corrected chi connectivity index (χ1v) is 6.76. The Hall–Kier alpha value is -2.70. The van der Waals surface area contributed by atoms with Gasteiger partial charge in [-0.15, -0.1) is 0 Å². The number of rotatable bonds is 6. The molecule has 0 radical (unpaired) electrons. The van der Waals surface area contributed by atoms with Crippen molar-refractivity contribution in [2.75, 3.05) is 7.11 Å². The predicted molar refractivity (Wildman–Crippen MR) is 80.9 cm³/mol. The second-order valence-corrected chi connectivity index (χ2v) is 4.75. The SMILES string of the molecule is COc1cc(C(=O)/C=C/c2cnn(C)c2C)ccc1OC(F)F. The minimum Gasteiger partial charge on any atom is -0.493 e. The molecule has 0 aliphatic heterocycles. The van der Waals surface area contributed by atoms with Crippen molar-refractivity contribution >= 4 is 11.9 Å². The zero-order chi connectivity index (χ0) is 17.0. The van der Waals surface area contributed by atoms with E-state index in [1.807, 2.05) is 6.92 Å². The number of carbonyl (C=O) groups is 1. The van der Waals surface area contributed by atoms with Crippen molar-refractivity contribution in [1.82, 2.24) is 9.78 Å². The van der Waals surface area contributed by atoms with E-state index < -0.39 is 6.61 Å². The largest absolute Gasteiger partial charge is 0.493 e. The van der Waals surface area contributed by atoms with Crippen LogP contribution in [0.5, 0.6) is 11.5 Å². The number of allylic oxidation sites excluding steroid dienone is 1. The number of ether oxygens (including phenoxy) is 2. The summed E-state index contributed by atoms with van der Waals surface area (Å²) in [5.41, 5.74) is 2.05. The number of hydrogen-bond acceptors (Lipinski definition) is 4. The smallest absolute Gasteiger partial charge is 0.387 e. The Morgan fingerprint density at radius 1 is 1.35 bits per heavy atom. The lowest BCUT2D eigenvalue weighted by molar-refractivity contribution is -0.0512. The third-order valence-corrected chi connectivity index (χ3v) is 3.35. The van der Waals surface area contributed by atoms with E-state index in [1.165, 1.54) is 31.4 Å². The molecule has 0 N–H and O–H groups in total. The van der Waals surface area contributed by atoms with Gasteiger partial charge in [-0.1, -0.05) is 0 Å². The second-order valence-electron chi connectivity index (χ2n) is 4.75. The lowest BCUT2D eigenvalue weighted by Crippen LogP contribution is -2.04. The summed E-state index contributed by atoms with van der Waals surface area (Å²) in [5, 5.41) is 4.08. The molecule has 0 bridgehead atoms. The molecule has 5 nitrogen and oxygen atoms in total. The Morgan fingerprint density at radius 3 is 2.65 bits per heavy atom. The number of aryl methyl sites for hydroxylation is 1. The summed E-state index contributed by atoms with van der Waals surface area (Å²) in [4.78, 5) is 12.2. The number of benzene rings is 1. The van der Waals surface area contributed by atoms with Crippen LogP contribution in [0.15, 0.2) is 30.5 Å². The first-order valence-electron chi connectivity index (χ1n) is 6.76. The number of ketones is 1. The third-order valence-electron chi connectivity index (χ3n) is 3.35. The second kappa shape index (κ2) is 7.04. The van der Waals surface area contributed by atoms with Crippen LogP contribution in [-0.4, -0.2) is 29.3 Å². The summed E-state index contributed by atoms with van der Waals surface area (Å²) < 4.78 is 35.6. The van der Waals surface area contributed by atoms with Crippen LogP contribution in [0.2, 0.25) is 0 Å². The molecule has 1 aromatic carbocycles. The lowest BCUT2D eigenvalue weighted by atomic mass is 10.1. The van der Waals surface area contributed by atoms with E-state index in [0.717, 1.165) is 11.3 Å². The molecular weight excluding hydrogens is 306 g/mol. The maximum absolute atomic E-state index is 12.3. The van der Waals surface area contributed by atoms with E-state index in [1.54, 1.807) is 24.0 Å². The molecule has 1 heterocycles. The minimum atomic E-state index is -2.96. The van der Waals surface area contributed by atoms with E-state index in [0.29, 0.717) is 5.56 Å². The maximum atomic E-state index is 12.3. The van der Waals surface area contributed by atoms with Gasteiger partial charge in [0, 0.05) is 23.9 Å². The normalized spacial score (nSPS) is 11.2. The first kappa shape index (κ1) is 16.7. The molecule has 0 amide bonds. The monoisotopic (exact) mass is 322 g/mol. The van der Waals surface area contributed by atoms with Gasteiger partial charge in [0.15, 0.2) is 17.3 Å². The summed E-state index contributed by atoms with van der Waals surface area (Å²) in [6.07, 6.45) is 4.70. The van der Waals surface area contributed by atoms with E-state index in [2.05, 4.69) is 9.84 Å².